The molecule has 0 aliphatic carbocycles. The van der Waals surface area contributed by atoms with Crippen molar-refractivity contribution in [3.8, 4) is 0 Å². The molecule has 70 valence electrons. The van der Waals surface area contributed by atoms with Crippen LogP contribution in [0.15, 0.2) is 18.2 Å². The fourth-order valence-corrected chi connectivity index (χ4v) is 1.74. The Balaban J connectivity index is 0.000000980. The summed E-state index contributed by atoms with van der Waals surface area (Å²) < 4.78 is 12.9. The predicted octanol–water partition coefficient (Wildman–Crippen LogP) is -0.380. The summed E-state index contributed by atoms with van der Waals surface area (Å²) in [5.41, 5.74) is 0.903. The number of nitrogens with zero attached hydrogens (tertiary/aromatic N) is 1. The van der Waals surface area contributed by atoms with Crippen LogP contribution >= 0.6 is 0 Å². The van der Waals surface area contributed by atoms with Crippen molar-refractivity contribution < 1.29 is 23.3 Å². The average molecular weight is 185 g/mol. The van der Waals surface area contributed by atoms with Crippen LogP contribution in [-0.4, -0.2) is 13.1 Å². The molecule has 1 saturated heterocycles. The number of piperidine rings is 1. The zero-order valence-corrected chi connectivity index (χ0v) is 8.59. The molecule has 0 saturated carbocycles. The van der Waals surface area contributed by atoms with Crippen LogP contribution in [0, 0.1) is 11.9 Å². The first-order chi connectivity index (χ1) is 6.36. The molecule has 0 amide bonds. The van der Waals surface area contributed by atoms with Crippen LogP contribution in [0.5, 0.6) is 0 Å². The zero-order valence-electron chi connectivity index (χ0n) is 8.59. The van der Waals surface area contributed by atoms with Crippen molar-refractivity contribution in [2.75, 3.05) is 18.0 Å². The van der Waals surface area contributed by atoms with Gasteiger partial charge >= 0.3 is 18.9 Å². The molecule has 1 aromatic carbocycles. The van der Waals surface area contributed by atoms with Crippen LogP contribution in [0.3, 0.4) is 0 Å². The predicted molar refractivity (Wildman–Crippen MR) is 51.3 cm³/mol. The molecule has 3 heteroatoms. The second-order valence-corrected chi connectivity index (χ2v) is 3.44. The fourth-order valence-electron chi connectivity index (χ4n) is 1.74. The van der Waals surface area contributed by atoms with Crippen LogP contribution in [0.2, 0.25) is 0 Å². The first-order valence-corrected chi connectivity index (χ1v) is 4.78. The molecule has 1 aliphatic heterocycles. The molecule has 0 N–H and O–H groups in total. The number of anilines is 1. The Bertz CT molecular complexity index is 284. The summed E-state index contributed by atoms with van der Waals surface area (Å²) in [6, 6.07) is 7.72. The van der Waals surface area contributed by atoms with E-state index < -0.39 is 0 Å². The molecule has 0 atom stereocenters. The van der Waals surface area contributed by atoms with E-state index in [9.17, 15) is 4.39 Å². The summed E-state index contributed by atoms with van der Waals surface area (Å²) in [7, 11) is 0. The van der Waals surface area contributed by atoms with Crippen LogP contribution < -0.4 is 23.8 Å². The van der Waals surface area contributed by atoms with Gasteiger partial charge in [-0.15, -0.1) is 12.1 Å². The standard InChI is InChI=1S/C11H13FN.Li/c12-10-5-4-6-11(9-10)13-7-2-1-3-8-13;/h4-5,9H,1-3,7-8H2;/q-1;+1. The summed E-state index contributed by atoms with van der Waals surface area (Å²) >= 11 is 0. The SMILES string of the molecule is Fc1cc[c-]c(N2CCCCC2)c1.[Li+]. The second-order valence-electron chi connectivity index (χ2n) is 3.44. The van der Waals surface area contributed by atoms with Crippen LogP contribution in [-0.2, 0) is 0 Å². The first kappa shape index (κ1) is 11.6. The van der Waals surface area contributed by atoms with Crippen molar-refractivity contribution in [3.05, 3.63) is 30.1 Å². The fraction of sp³-hybridized carbons (Fsp3) is 0.455. The van der Waals surface area contributed by atoms with Crippen molar-refractivity contribution >= 4 is 5.69 Å². The Hall–Kier alpha value is -0.453. The van der Waals surface area contributed by atoms with Crippen molar-refractivity contribution in [3.63, 3.8) is 0 Å². The van der Waals surface area contributed by atoms with Gasteiger partial charge in [0.2, 0.25) is 0 Å². The topological polar surface area (TPSA) is 3.24 Å². The molecule has 0 unspecified atom stereocenters. The van der Waals surface area contributed by atoms with E-state index in [1.165, 1.54) is 25.3 Å². The monoisotopic (exact) mass is 185 g/mol. The van der Waals surface area contributed by atoms with E-state index in [-0.39, 0.29) is 24.7 Å². The summed E-state index contributed by atoms with van der Waals surface area (Å²) in [6.45, 7) is 2.08. The van der Waals surface area contributed by atoms with Crippen molar-refractivity contribution in [1.82, 2.24) is 0 Å². The van der Waals surface area contributed by atoms with E-state index >= 15 is 0 Å². The average Bonchev–Trinajstić information content (AvgIpc) is 2.19. The summed E-state index contributed by atoms with van der Waals surface area (Å²) in [5, 5.41) is 0. The number of halogens is 1. The van der Waals surface area contributed by atoms with Gasteiger partial charge in [0.05, 0.1) is 0 Å². The summed E-state index contributed by atoms with van der Waals surface area (Å²) in [4.78, 5) is 2.20. The van der Waals surface area contributed by atoms with Gasteiger partial charge in [0, 0.05) is 18.9 Å². The molecule has 1 aromatic rings. The van der Waals surface area contributed by atoms with Gasteiger partial charge in [-0.3, -0.25) is 0 Å². The first-order valence-electron chi connectivity index (χ1n) is 4.78. The smallest absolute Gasteiger partial charge is 0.394 e. The molecule has 1 aliphatic rings. The number of rotatable bonds is 1. The molecule has 1 heterocycles. The number of benzene rings is 1. The molecule has 14 heavy (non-hydrogen) atoms. The Morgan fingerprint density at radius 2 is 1.93 bits per heavy atom. The molecule has 0 radical (unpaired) electrons. The van der Waals surface area contributed by atoms with Gasteiger partial charge in [-0.2, -0.15) is 12.1 Å². The minimum absolute atomic E-state index is 0. The third-order valence-electron chi connectivity index (χ3n) is 2.45. The molecule has 1 fully saturated rings. The van der Waals surface area contributed by atoms with Crippen LogP contribution in [0.4, 0.5) is 10.1 Å². The van der Waals surface area contributed by atoms with Crippen LogP contribution in [0.25, 0.3) is 0 Å². The van der Waals surface area contributed by atoms with E-state index in [0.717, 1.165) is 18.8 Å². The molecule has 2 rings (SSSR count). The van der Waals surface area contributed by atoms with Gasteiger partial charge in [-0.1, -0.05) is 5.69 Å². The third kappa shape index (κ3) is 2.77. The Kier molecular flexibility index (Phi) is 4.51. The van der Waals surface area contributed by atoms with Crippen molar-refractivity contribution in [2.45, 2.75) is 19.3 Å². The largest absolute Gasteiger partial charge is 1.00 e. The maximum absolute atomic E-state index is 12.9. The summed E-state index contributed by atoms with van der Waals surface area (Å²) in [5.74, 6) is -0.167. The molecule has 0 aromatic heterocycles. The maximum Gasteiger partial charge on any atom is 1.00 e. The minimum Gasteiger partial charge on any atom is -0.394 e. The van der Waals surface area contributed by atoms with E-state index in [1.807, 2.05) is 0 Å². The number of hydrogen-bond acceptors (Lipinski definition) is 1. The van der Waals surface area contributed by atoms with Crippen molar-refractivity contribution in [2.24, 2.45) is 0 Å². The number of hydrogen-bond donors (Lipinski definition) is 0. The third-order valence-corrected chi connectivity index (χ3v) is 2.45. The van der Waals surface area contributed by atoms with Gasteiger partial charge in [0.25, 0.3) is 0 Å². The second kappa shape index (κ2) is 5.43. The Labute approximate surface area is 96.5 Å². The minimum atomic E-state index is -0.167. The van der Waals surface area contributed by atoms with Gasteiger partial charge < -0.3 is 4.90 Å². The van der Waals surface area contributed by atoms with Gasteiger partial charge in [-0.05, 0) is 19.3 Å². The quantitative estimate of drug-likeness (QED) is 0.426. The molecule has 0 spiro atoms. The van der Waals surface area contributed by atoms with Crippen LogP contribution in [0.1, 0.15) is 19.3 Å². The summed E-state index contributed by atoms with van der Waals surface area (Å²) in [6.07, 6.45) is 3.72. The van der Waals surface area contributed by atoms with E-state index in [4.69, 9.17) is 0 Å². The Morgan fingerprint density at radius 1 is 1.21 bits per heavy atom. The zero-order chi connectivity index (χ0) is 9.10. The molecular formula is C11H13FLiN. The van der Waals surface area contributed by atoms with E-state index in [2.05, 4.69) is 11.0 Å². The van der Waals surface area contributed by atoms with E-state index in [0.29, 0.717) is 0 Å². The Morgan fingerprint density at radius 3 is 2.57 bits per heavy atom. The normalized spacial score (nSPS) is 16.2. The molecule has 0 bridgehead atoms. The van der Waals surface area contributed by atoms with Gasteiger partial charge in [0.1, 0.15) is 0 Å². The van der Waals surface area contributed by atoms with Gasteiger partial charge in [-0.25, -0.2) is 4.39 Å². The van der Waals surface area contributed by atoms with E-state index in [1.54, 1.807) is 12.1 Å². The van der Waals surface area contributed by atoms with Gasteiger partial charge in [0.15, 0.2) is 0 Å². The van der Waals surface area contributed by atoms with Crippen molar-refractivity contribution in [1.29, 1.82) is 0 Å². The molecular weight excluding hydrogens is 172 g/mol. The molecule has 1 nitrogen and oxygen atoms in total. The maximum atomic E-state index is 12.9.